The largest absolute Gasteiger partial charge is 0.523 e. The molecule has 114 valence electrons. The highest BCUT2D eigenvalue weighted by atomic mass is 32.3. The maximum Gasteiger partial charge on any atom is 0.523 e. The van der Waals surface area contributed by atoms with Gasteiger partial charge in [-0.05, 0) is 30.7 Å². The Balaban J connectivity index is 3.18. The minimum absolute atomic E-state index is 0.0743. The summed E-state index contributed by atoms with van der Waals surface area (Å²) in [4.78, 5) is 10.9. The highest BCUT2D eigenvalue weighted by Gasteiger charge is 2.49. The smallest absolute Gasteiger partial charge is 0.478 e. The van der Waals surface area contributed by atoms with E-state index in [1.807, 2.05) is 0 Å². The molecule has 0 fully saturated rings. The van der Waals surface area contributed by atoms with E-state index < -0.39 is 31.9 Å². The summed E-state index contributed by atoms with van der Waals surface area (Å²) in [5.74, 6) is -1.28. The Morgan fingerprint density at radius 3 is 2.25 bits per heavy atom. The fraction of sp³-hybridized carbons (Fsp3) is 0.300. The molecule has 0 unspecified atom stereocenters. The van der Waals surface area contributed by atoms with Crippen LogP contribution in [-0.4, -0.2) is 37.5 Å². The Morgan fingerprint density at radius 1 is 1.25 bits per heavy atom. The summed E-state index contributed by atoms with van der Waals surface area (Å²) >= 11 is 0. The maximum absolute atomic E-state index is 12.3. The van der Waals surface area contributed by atoms with Gasteiger partial charge in [-0.25, -0.2) is 8.42 Å². The van der Waals surface area contributed by atoms with Gasteiger partial charge < -0.3 is 5.11 Å². The van der Waals surface area contributed by atoms with Crippen LogP contribution in [0.1, 0.15) is 10.4 Å². The van der Waals surface area contributed by atoms with Crippen LogP contribution in [0.3, 0.4) is 0 Å². The SMILES string of the molecule is CS(C)(OS(=O)(=O)C(F)(F)F)c1cccc(C(=O)O)c1. The van der Waals surface area contributed by atoms with Crippen molar-refractivity contribution < 1.29 is 35.1 Å². The monoisotopic (exact) mass is 332 g/mol. The van der Waals surface area contributed by atoms with E-state index in [9.17, 15) is 26.4 Å². The van der Waals surface area contributed by atoms with Gasteiger partial charge in [0, 0.05) is 4.90 Å². The first-order valence-electron chi connectivity index (χ1n) is 4.96. The lowest BCUT2D eigenvalue weighted by atomic mass is 10.2. The quantitative estimate of drug-likeness (QED) is 0.857. The van der Waals surface area contributed by atoms with Crippen molar-refractivity contribution in [3.8, 4) is 0 Å². The second-order valence-electron chi connectivity index (χ2n) is 4.03. The van der Waals surface area contributed by atoms with E-state index in [-0.39, 0.29) is 10.5 Å². The van der Waals surface area contributed by atoms with Crippen molar-refractivity contribution in [2.75, 3.05) is 12.5 Å². The molecule has 1 aromatic carbocycles. The fourth-order valence-electron chi connectivity index (χ4n) is 1.24. The summed E-state index contributed by atoms with van der Waals surface area (Å²) in [5.41, 5.74) is -5.70. The molecule has 0 amide bonds. The number of carbonyl (C=O) groups is 1. The zero-order valence-corrected chi connectivity index (χ0v) is 12.0. The minimum Gasteiger partial charge on any atom is -0.478 e. The molecule has 5 nitrogen and oxygen atoms in total. The van der Waals surface area contributed by atoms with E-state index in [0.29, 0.717) is 0 Å². The second kappa shape index (κ2) is 5.26. The molecule has 0 spiro atoms. The van der Waals surface area contributed by atoms with Crippen molar-refractivity contribution in [3.05, 3.63) is 29.8 Å². The van der Waals surface area contributed by atoms with Gasteiger partial charge in [0.05, 0.1) is 5.56 Å². The van der Waals surface area contributed by atoms with Crippen molar-refractivity contribution >= 4 is 26.4 Å². The molecule has 1 N–H and O–H groups in total. The van der Waals surface area contributed by atoms with Gasteiger partial charge in [-0.3, -0.25) is 0 Å². The van der Waals surface area contributed by atoms with Crippen LogP contribution in [0.2, 0.25) is 0 Å². The zero-order chi connectivity index (χ0) is 15.8. The van der Waals surface area contributed by atoms with Crippen LogP contribution in [0.25, 0.3) is 0 Å². The maximum atomic E-state index is 12.3. The normalized spacial score (nSPS) is 14.1. The standard InChI is InChI=1S/C10H11F3O5S2/c1-19(2,18-20(16,17)10(11,12)13)8-5-3-4-7(6-8)9(14)15/h3-6H,1-2H3,(H,14,15). The summed E-state index contributed by atoms with van der Waals surface area (Å²) < 4.78 is 63.2. The summed E-state index contributed by atoms with van der Waals surface area (Å²) in [6.45, 7) is 0. The first-order valence-corrected chi connectivity index (χ1v) is 8.74. The highest BCUT2D eigenvalue weighted by Crippen LogP contribution is 2.53. The number of benzene rings is 1. The van der Waals surface area contributed by atoms with E-state index in [4.69, 9.17) is 5.11 Å². The fourth-order valence-corrected chi connectivity index (χ4v) is 4.47. The predicted molar refractivity (Wildman–Crippen MR) is 67.2 cm³/mol. The van der Waals surface area contributed by atoms with Crippen molar-refractivity contribution in [2.24, 2.45) is 0 Å². The van der Waals surface area contributed by atoms with E-state index in [2.05, 4.69) is 3.63 Å². The zero-order valence-electron chi connectivity index (χ0n) is 10.3. The van der Waals surface area contributed by atoms with Gasteiger partial charge in [0.25, 0.3) is 0 Å². The Bertz CT molecular complexity index is 622. The summed E-state index contributed by atoms with van der Waals surface area (Å²) in [6, 6.07) is 4.94. The lowest BCUT2D eigenvalue weighted by Gasteiger charge is -2.30. The summed E-state index contributed by atoms with van der Waals surface area (Å²) in [5, 5.41) is 8.81. The first-order chi connectivity index (χ1) is 8.87. The molecular weight excluding hydrogens is 321 g/mol. The second-order valence-corrected chi connectivity index (χ2v) is 8.89. The van der Waals surface area contributed by atoms with E-state index >= 15 is 0 Å². The topological polar surface area (TPSA) is 80.7 Å². The van der Waals surface area contributed by atoms with Gasteiger partial charge in [0.1, 0.15) is 0 Å². The lowest BCUT2D eigenvalue weighted by molar-refractivity contribution is -0.0496. The third-order valence-electron chi connectivity index (χ3n) is 2.19. The molecule has 0 saturated heterocycles. The molecule has 0 aromatic heterocycles. The molecule has 20 heavy (non-hydrogen) atoms. The van der Waals surface area contributed by atoms with Crippen LogP contribution < -0.4 is 0 Å². The van der Waals surface area contributed by atoms with Crippen molar-refractivity contribution in [3.63, 3.8) is 0 Å². The van der Waals surface area contributed by atoms with Crippen molar-refractivity contribution in [1.82, 2.24) is 0 Å². The third kappa shape index (κ3) is 3.64. The molecule has 1 aromatic rings. The molecule has 10 heteroatoms. The molecule has 0 heterocycles. The molecule has 0 saturated carbocycles. The van der Waals surface area contributed by atoms with E-state index in [1.165, 1.54) is 30.7 Å². The van der Waals surface area contributed by atoms with Crippen LogP contribution in [0.15, 0.2) is 29.2 Å². The number of alkyl halides is 3. The number of halogens is 3. The Morgan fingerprint density at radius 2 is 1.80 bits per heavy atom. The average molecular weight is 332 g/mol. The van der Waals surface area contributed by atoms with Gasteiger partial charge in [-0.15, -0.1) is 0 Å². The van der Waals surface area contributed by atoms with Crippen molar-refractivity contribution in [1.29, 1.82) is 0 Å². The first kappa shape index (κ1) is 16.8. The Kier molecular flexibility index (Phi) is 4.42. The number of rotatable bonds is 4. The van der Waals surface area contributed by atoms with Gasteiger partial charge in [-0.1, -0.05) is 16.4 Å². The number of aromatic carboxylic acids is 1. The molecule has 0 radical (unpaired) electrons. The minimum atomic E-state index is -5.75. The number of hydrogen-bond donors (Lipinski definition) is 1. The van der Waals surface area contributed by atoms with Gasteiger partial charge >= 0.3 is 21.6 Å². The number of carboxylic acid groups (broad SMARTS) is 1. The van der Waals surface area contributed by atoms with E-state index in [1.54, 1.807) is 0 Å². The number of carboxylic acids is 1. The van der Waals surface area contributed by atoms with Crippen LogP contribution in [0, 0.1) is 0 Å². The van der Waals surface area contributed by atoms with Gasteiger partial charge in [-0.2, -0.15) is 21.6 Å². The molecule has 0 aliphatic carbocycles. The van der Waals surface area contributed by atoms with Crippen LogP contribution in [0.4, 0.5) is 13.2 Å². The molecule has 0 bridgehead atoms. The average Bonchev–Trinajstić information content (AvgIpc) is 2.26. The third-order valence-corrected chi connectivity index (χ3v) is 6.23. The van der Waals surface area contributed by atoms with Crippen LogP contribution >= 0.6 is 10.3 Å². The van der Waals surface area contributed by atoms with Crippen molar-refractivity contribution in [2.45, 2.75) is 10.4 Å². The molecular formula is C10H11F3O5S2. The predicted octanol–water partition coefficient (Wildman–Crippen LogP) is 2.59. The summed E-state index contributed by atoms with van der Waals surface area (Å²) in [6.07, 6.45) is 2.36. The molecule has 1 rings (SSSR count). The van der Waals surface area contributed by atoms with Gasteiger partial charge in [0.15, 0.2) is 0 Å². The molecule has 0 aliphatic rings. The Hall–Kier alpha value is -1.26. The van der Waals surface area contributed by atoms with Crippen LogP contribution in [0.5, 0.6) is 0 Å². The summed E-state index contributed by atoms with van der Waals surface area (Å²) in [7, 11) is -8.58. The van der Waals surface area contributed by atoms with Gasteiger partial charge in [0.2, 0.25) is 0 Å². The van der Waals surface area contributed by atoms with Crippen LogP contribution in [-0.2, 0) is 13.7 Å². The lowest BCUT2D eigenvalue weighted by Crippen LogP contribution is -2.26. The molecule has 0 atom stereocenters. The highest BCUT2D eigenvalue weighted by molar-refractivity contribution is 8.32. The number of hydrogen-bond acceptors (Lipinski definition) is 4. The molecule has 0 aliphatic heterocycles. The van der Waals surface area contributed by atoms with E-state index in [0.717, 1.165) is 6.07 Å². The Labute approximate surface area is 115 Å².